The summed E-state index contributed by atoms with van der Waals surface area (Å²) in [4.78, 5) is 0. The van der Waals surface area contributed by atoms with Crippen molar-refractivity contribution in [2.75, 3.05) is 20.8 Å². The number of aromatic nitrogens is 3. The van der Waals surface area contributed by atoms with Crippen molar-refractivity contribution in [1.29, 1.82) is 0 Å². The molecule has 6 nitrogen and oxygen atoms in total. The SMILES string of the molecule is COC(COc1ccc2c(nnn2CC2CC2)c1Br)OC. The van der Waals surface area contributed by atoms with Gasteiger partial charge >= 0.3 is 0 Å². The standard InChI is InChI=1S/C14H18BrN3O3/c1-19-12(20-2)8-21-11-6-5-10-14(13(11)15)16-17-18(10)7-9-3-4-9/h5-6,9,12H,3-4,7-8H2,1-2H3. The molecular weight excluding hydrogens is 338 g/mol. The van der Waals surface area contributed by atoms with Crippen LogP contribution in [-0.4, -0.2) is 42.1 Å². The van der Waals surface area contributed by atoms with E-state index in [0.29, 0.717) is 12.4 Å². The van der Waals surface area contributed by atoms with Crippen LogP contribution in [0.3, 0.4) is 0 Å². The normalized spacial score (nSPS) is 15.0. The van der Waals surface area contributed by atoms with E-state index in [1.54, 1.807) is 14.2 Å². The third-order valence-electron chi connectivity index (χ3n) is 3.62. The molecule has 2 aromatic rings. The fourth-order valence-corrected chi connectivity index (χ4v) is 2.70. The van der Waals surface area contributed by atoms with Crippen molar-refractivity contribution in [3.63, 3.8) is 0 Å². The Hall–Kier alpha value is -1.18. The number of ether oxygens (including phenoxy) is 3. The summed E-state index contributed by atoms with van der Waals surface area (Å²) >= 11 is 3.55. The maximum atomic E-state index is 5.72. The second-order valence-corrected chi connectivity index (χ2v) is 5.97. The van der Waals surface area contributed by atoms with Crippen molar-refractivity contribution >= 4 is 27.0 Å². The topological polar surface area (TPSA) is 58.4 Å². The molecule has 3 rings (SSSR count). The lowest BCUT2D eigenvalue weighted by atomic mass is 10.3. The van der Waals surface area contributed by atoms with Gasteiger partial charge in [-0.25, -0.2) is 4.68 Å². The number of methoxy groups -OCH3 is 2. The van der Waals surface area contributed by atoms with E-state index in [4.69, 9.17) is 14.2 Å². The summed E-state index contributed by atoms with van der Waals surface area (Å²) in [5.74, 6) is 1.47. The Morgan fingerprint density at radius 3 is 2.76 bits per heavy atom. The van der Waals surface area contributed by atoms with Gasteiger partial charge < -0.3 is 14.2 Å². The summed E-state index contributed by atoms with van der Waals surface area (Å²) in [7, 11) is 3.17. The molecule has 1 heterocycles. The first-order valence-corrected chi connectivity index (χ1v) is 7.72. The smallest absolute Gasteiger partial charge is 0.191 e. The molecule has 1 fully saturated rings. The van der Waals surface area contributed by atoms with Crippen molar-refractivity contribution in [2.24, 2.45) is 5.92 Å². The lowest BCUT2D eigenvalue weighted by Crippen LogP contribution is -2.22. The second kappa shape index (κ2) is 6.29. The second-order valence-electron chi connectivity index (χ2n) is 5.17. The first kappa shape index (κ1) is 14.7. The van der Waals surface area contributed by atoms with Gasteiger partial charge in [-0.15, -0.1) is 5.10 Å². The lowest BCUT2D eigenvalue weighted by molar-refractivity contribution is -0.122. The van der Waals surface area contributed by atoms with Gasteiger partial charge in [0.1, 0.15) is 17.9 Å². The van der Waals surface area contributed by atoms with Crippen LogP contribution < -0.4 is 4.74 Å². The molecule has 114 valence electrons. The Kier molecular flexibility index (Phi) is 4.42. The minimum absolute atomic E-state index is 0.313. The van der Waals surface area contributed by atoms with Gasteiger partial charge in [-0.05, 0) is 46.8 Å². The van der Waals surface area contributed by atoms with Crippen LogP contribution in [-0.2, 0) is 16.0 Å². The lowest BCUT2D eigenvalue weighted by Gasteiger charge is -2.15. The summed E-state index contributed by atoms with van der Waals surface area (Å²) in [6.07, 6.45) is 2.19. The summed E-state index contributed by atoms with van der Waals surface area (Å²) in [6, 6.07) is 3.91. The first-order valence-electron chi connectivity index (χ1n) is 6.93. The largest absolute Gasteiger partial charge is 0.487 e. The number of halogens is 1. The average Bonchev–Trinajstić information content (AvgIpc) is 3.22. The Bertz CT molecular complexity index is 623. The molecule has 1 aromatic carbocycles. The molecule has 0 unspecified atom stereocenters. The average molecular weight is 356 g/mol. The fourth-order valence-electron chi connectivity index (χ4n) is 2.17. The van der Waals surface area contributed by atoms with E-state index in [-0.39, 0.29) is 0 Å². The molecule has 0 radical (unpaired) electrons. The Morgan fingerprint density at radius 1 is 1.33 bits per heavy atom. The molecule has 1 aliphatic rings. The zero-order valence-electron chi connectivity index (χ0n) is 12.1. The molecular formula is C14H18BrN3O3. The van der Waals surface area contributed by atoms with E-state index in [0.717, 1.165) is 28.0 Å². The molecule has 0 atom stereocenters. The van der Waals surface area contributed by atoms with Crippen LogP contribution in [0, 0.1) is 5.92 Å². The number of benzene rings is 1. The summed E-state index contributed by atoms with van der Waals surface area (Å²) < 4.78 is 18.7. The monoisotopic (exact) mass is 355 g/mol. The van der Waals surface area contributed by atoms with Gasteiger partial charge in [0, 0.05) is 20.8 Å². The molecule has 0 N–H and O–H groups in total. The van der Waals surface area contributed by atoms with E-state index in [1.165, 1.54) is 12.8 Å². The van der Waals surface area contributed by atoms with Gasteiger partial charge in [0.05, 0.1) is 9.99 Å². The van der Waals surface area contributed by atoms with E-state index in [9.17, 15) is 0 Å². The predicted octanol–water partition coefficient (Wildman–Crippen LogP) is 2.60. The maximum Gasteiger partial charge on any atom is 0.191 e. The van der Waals surface area contributed by atoms with E-state index < -0.39 is 6.29 Å². The van der Waals surface area contributed by atoms with Crippen LogP contribution >= 0.6 is 15.9 Å². The highest BCUT2D eigenvalue weighted by atomic mass is 79.9. The maximum absolute atomic E-state index is 5.72. The van der Waals surface area contributed by atoms with Crippen molar-refractivity contribution < 1.29 is 14.2 Å². The van der Waals surface area contributed by atoms with Crippen LogP contribution in [0.15, 0.2) is 16.6 Å². The molecule has 0 saturated heterocycles. The zero-order valence-corrected chi connectivity index (χ0v) is 13.7. The number of rotatable bonds is 7. The van der Waals surface area contributed by atoms with Gasteiger partial charge in [0.15, 0.2) is 6.29 Å². The quantitative estimate of drug-likeness (QED) is 0.714. The number of fused-ring (bicyclic) bond motifs is 1. The molecule has 1 aromatic heterocycles. The first-order chi connectivity index (χ1) is 10.2. The Morgan fingerprint density at radius 2 is 2.10 bits per heavy atom. The molecule has 0 spiro atoms. The molecule has 1 aliphatic carbocycles. The van der Waals surface area contributed by atoms with Crippen LogP contribution in [0.5, 0.6) is 5.75 Å². The predicted molar refractivity (Wildman–Crippen MR) is 81.3 cm³/mol. The highest BCUT2D eigenvalue weighted by Crippen LogP contribution is 2.34. The van der Waals surface area contributed by atoms with Crippen molar-refractivity contribution in [2.45, 2.75) is 25.7 Å². The fraction of sp³-hybridized carbons (Fsp3) is 0.571. The van der Waals surface area contributed by atoms with Crippen molar-refractivity contribution in [3.8, 4) is 5.75 Å². The van der Waals surface area contributed by atoms with Gasteiger partial charge in [-0.1, -0.05) is 5.21 Å². The summed E-state index contributed by atoms with van der Waals surface area (Å²) in [5.41, 5.74) is 1.84. The van der Waals surface area contributed by atoms with Gasteiger partial charge in [-0.2, -0.15) is 0 Å². The third kappa shape index (κ3) is 3.20. The molecule has 0 bridgehead atoms. The van der Waals surface area contributed by atoms with Crippen LogP contribution in [0.25, 0.3) is 11.0 Å². The molecule has 0 aliphatic heterocycles. The van der Waals surface area contributed by atoms with Gasteiger partial charge in [0.25, 0.3) is 0 Å². The molecule has 21 heavy (non-hydrogen) atoms. The van der Waals surface area contributed by atoms with Gasteiger partial charge in [0.2, 0.25) is 0 Å². The van der Waals surface area contributed by atoms with E-state index in [2.05, 4.69) is 26.2 Å². The Labute approximate surface area is 131 Å². The highest BCUT2D eigenvalue weighted by molar-refractivity contribution is 9.10. The Balaban J connectivity index is 1.79. The summed E-state index contributed by atoms with van der Waals surface area (Å²) in [6.45, 7) is 1.26. The van der Waals surface area contributed by atoms with E-state index >= 15 is 0 Å². The van der Waals surface area contributed by atoms with Crippen molar-refractivity contribution in [3.05, 3.63) is 16.6 Å². The zero-order chi connectivity index (χ0) is 14.8. The number of hydrogen-bond donors (Lipinski definition) is 0. The molecule has 0 amide bonds. The van der Waals surface area contributed by atoms with Crippen LogP contribution in [0.2, 0.25) is 0 Å². The van der Waals surface area contributed by atoms with Crippen LogP contribution in [0.1, 0.15) is 12.8 Å². The minimum Gasteiger partial charge on any atom is -0.487 e. The van der Waals surface area contributed by atoms with Crippen molar-refractivity contribution in [1.82, 2.24) is 15.0 Å². The van der Waals surface area contributed by atoms with Gasteiger partial charge in [-0.3, -0.25) is 0 Å². The summed E-state index contributed by atoms with van der Waals surface area (Å²) in [5, 5.41) is 8.49. The minimum atomic E-state index is -0.391. The molecule has 7 heteroatoms. The highest BCUT2D eigenvalue weighted by Gasteiger charge is 2.23. The third-order valence-corrected chi connectivity index (χ3v) is 4.39. The molecule has 1 saturated carbocycles. The number of hydrogen-bond acceptors (Lipinski definition) is 5. The van der Waals surface area contributed by atoms with Crippen LogP contribution in [0.4, 0.5) is 0 Å². The van der Waals surface area contributed by atoms with E-state index in [1.807, 2.05) is 16.8 Å². The number of nitrogens with zero attached hydrogens (tertiary/aromatic N) is 3.